The van der Waals surface area contributed by atoms with E-state index in [1.54, 1.807) is 22.1 Å². The van der Waals surface area contributed by atoms with Crippen molar-refractivity contribution < 1.29 is 9.59 Å². The van der Waals surface area contributed by atoms with Crippen molar-refractivity contribution in [3.63, 3.8) is 0 Å². The largest absolute Gasteiger partial charge is 0.352 e. The van der Waals surface area contributed by atoms with E-state index in [4.69, 9.17) is 0 Å². The van der Waals surface area contributed by atoms with Crippen molar-refractivity contribution >= 4 is 34.4 Å². The predicted molar refractivity (Wildman–Crippen MR) is 121 cm³/mol. The van der Waals surface area contributed by atoms with Crippen LogP contribution in [0.5, 0.6) is 0 Å². The highest BCUT2D eigenvalue weighted by atomic mass is 16.2. The lowest BCUT2D eigenvalue weighted by Crippen LogP contribution is -2.51. The molecule has 0 saturated carbocycles. The number of anilines is 2. The number of piperazine rings is 1. The molecule has 2 amide bonds. The van der Waals surface area contributed by atoms with Gasteiger partial charge in [-0.25, -0.2) is 9.97 Å². The molecule has 3 aromatic rings. The summed E-state index contributed by atoms with van der Waals surface area (Å²) in [5.74, 6) is 0.654. The molecule has 1 unspecified atom stereocenters. The van der Waals surface area contributed by atoms with Gasteiger partial charge in [-0.15, -0.1) is 0 Å². The molecule has 2 aliphatic rings. The number of aryl methyl sites for hydroxylation is 2. The third kappa shape index (κ3) is 3.37. The van der Waals surface area contributed by atoms with Crippen LogP contribution in [-0.4, -0.2) is 69.2 Å². The summed E-state index contributed by atoms with van der Waals surface area (Å²) in [7, 11) is 1.86. The number of aromatic nitrogens is 4. The van der Waals surface area contributed by atoms with Gasteiger partial charge in [0.15, 0.2) is 5.65 Å². The van der Waals surface area contributed by atoms with Crippen LogP contribution in [0.2, 0.25) is 0 Å². The lowest BCUT2D eigenvalue weighted by molar-refractivity contribution is -0.136. The number of hydrogen-bond donors (Lipinski definition) is 0. The number of carbonyl (C=O) groups excluding carboxylic acids is 2. The molecular formula is C23H27N7O2. The van der Waals surface area contributed by atoms with E-state index < -0.39 is 0 Å². The molecule has 9 nitrogen and oxygen atoms in total. The van der Waals surface area contributed by atoms with Crippen LogP contribution in [0, 0.1) is 19.8 Å². The highest BCUT2D eigenvalue weighted by Gasteiger charge is 2.38. The van der Waals surface area contributed by atoms with Gasteiger partial charge in [-0.2, -0.15) is 5.10 Å². The van der Waals surface area contributed by atoms with Gasteiger partial charge >= 0.3 is 0 Å². The number of fused-ring (bicyclic) bond motifs is 1. The van der Waals surface area contributed by atoms with Gasteiger partial charge in [0.2, 0.25) is 11.8 Å². The summed E-state index contributed by atoms with van der Waals surface area (Å²) in [5.41, 5.74) is 3.95. The zero-order valence-electron chi connectivity index (χ0n) is 18.7. The van der Waals surface area contributed by atoms with Crippen molar-refractivity contribution in [3.8, 4) is 0 Å². The Morgan fingerprint density at radius 3 is 2.66 bits per heavy atom. The average molecular weight is 434 g/mol. The number of amides is 2. The Hall–Kier alpha value is -3.49. The van der Waals surface area contributed by atoms with Crippen molar-refractivity contribution in [2.75, 3.05) is 42.5 Å². The maximum atomic E-state index is 13.2. The smallest absolute Gasteiger partial charge is 0.228 e. The summed E-state index contributed by atoms with van der Waals surface area (Å²) in [4.78, 5) is 40.6. The number of benzene rings is 1. The molecule has 0 spiro atoms. The van der Waals surface area contributed by atoms with Gasteiger partial charge in [0.25, 0.3) is 0 Å². The molecule has 0 bridgehead atoms. The van der Waals surface area contributed by atoms with E-state index in [1.807, 2.05) is 44.0 Å². The highest BCUT2D eigenvalue weighted by Crippen LogP contribution is 2.31. The number of nitrogens with zero attached hydrogens (tertiary/aromatic N) is 7. The summed E-state index contributed by atoms with van der Waals surface area (Å²) < 4.78 is 1.74. The Labute approximate surface area is 186 Å². The van der Waals surface area contributed by atoms with Crippen LogP contribution in [0.3, 0.4) is 0 Å². The van der Waals surface area contributed by atoms with Crippen molar-refractivity contribution in [2.45, 2.75) is 20.3 Å². The van der Waals surface area contributed by atoms with Crippen LogP contribution in [-0.2, 0) is 16.6 Å². The Morgan fingerprint density at radius 1 is 1.09 bits per heavy atom. The van der Waals surface area contributed by atoms with Gasteiger partial charge < -0.3 is 14.7 Å². The van der Waals surface area contributed by atoms with Crippen molar-refractivity contribution in [2.24, 2.45) is 13.0 Å². The van der Waals surface area contributed by atoms with Crippen molar-refractivity contribution in [1.82, 2.24) is 24.6 Å². The molecule has 166 valence electrons. The molecule has 0 N–H and O–H groups in total. The van der Waals surface area contributed by atoms with E-state index in [2.05, 4.69) is 20.0 Å². The predicted octanol–water partition coefficient (Wildman–Crippen LogP) is 1.68. The van der Waals surface area contributed by atoms with E-state index in [1.165, 1.54) is 0 Å². The van der Waals surface area contributed by atoms with Crippen LogP contribution in [0.1, 0.15) is 17.5 Å². The Kier molecular flexibility index (Phi) is 5.03. The third-order valence-electron chi connectivity index (χ3n) is 6.74. The Bertz CT molecular complexity index is 1200. The van der Waals surface area contributed by atoms with E-state index in [-0.39, 0.29) is 24.2 Å². The molecule has 9 heteroatoms. The molecule has 1 aromatic carbocycles. The van der Waals surface area contributed by atoms with E-state index in [0.29, 0.717) is 32.7 Å². The van der Waals surface area contributed by atoms with E-state index in [0.717, 1.165) is 33.7 Å². The number of carbonyl (C=O) groups is 2. The minimum absolute atomic E-state index is 0.0237. The molecule has 4 heterocycles. The number of hydrogen-bond acceptors (Lipinski definition) is 6. The maximum Gasteiger partial charge on any atom is 0.228 e. The second-order valence-corrected chi connectivity index (χ2v) is 8.64. The standard InChI is InChI=1S/C23H27N7O2/c1-15-5-4-6-19(16(15)2)30-13-17(11-20(30)31)23(32)29-9-7-28(8-10-29)22-18-12-26-27(3)21(18)24-14-25-22/h4-6,12,14,17H,7-11,13H2,1-3H3. The molecule has 2 fully saturated rings. The summed E-state index contributed by atoms with van der Waals surface area (Å²) in [5, 5.41) is 5.20. The summed E-state index contributed by atoms with van der Waals surface area (Å²) in [6.45, 7) is 7.11. The topological polar surface area (TPSA) is 87.5 Å². The zero-order valence-corrected chi connectivity index (χ0v) is 18.7. The zero-order chi connectivity index (χ0) is 22.4. The summed E-state index contributed by atoms with van der Waals surface area (Å²) >= 11 is 0. The molecular weight excluding hydrogens is 406 g/mol. The molecule has 2 saturated heterocycles. The summed E-state index contributed by atoms with van der Waals surface area (Å²) in [6, 6.07) is 5.97. The van der Waals surface area contributed by atoms with Crippen molar-refractivity contribution in [3.05, 3.63) is 41.9 Å². The maximum absolute atomic E-state index is 13.2. The van der Waals surface area contributed by atoms with Crippen LogP contribution in [0.25, 0.3) is 11.0 Å². The molecule has 5 rings (SSSR count). The van der Waals surface area contributed by atoms with Gasteiger partial charge in [0.05, 0.1) is 17.5 Å². The minimum Gasteiger partial charge on any atom is -0.352 e. The second-order valence-electron chi connectivity index (χ2n) is 8.64. The van der Waals surface area contributed by atoms with E-state index in [9.17, 15) is 9.59 Å². The lowest BCUT2D eigenvalue weighted by Gasteiger charge is -2.36. The Morgan fingerprint density at radius 2 is 1.88 bits per heavy atom. The lowest BCUT2D eigenvalue weighted by atomic mass is 10.1. The summed E-state index contributed by atoms with van der Waals surface area (Å²) in [6.07, 6.45) is 3.62. The van der Waals surface area contributed by atoms with Gasteiger partial charge in [-0.05, 0) is 31.0 Å². The van der Waals surface area contributed by atoms with Gasteiger partial charge in [-0.1, -0.05) is 12.1 Å². The molecule has 0 radical (unpaired) electrons. The van der Waals surface area contributed by atoms with Gasteiger partial charge in [0.1, 0.15) is 12.1 Å². The average Bonchev–Trinajstić information content (AvgIpc) is 3.38. The quantitative estimate of drug-likeness (QED) is 0.625. The van der Waals surface area contributed by atoms with E-state index >= 15 is 0 Å². The first kappa shape index (κ1) is 20.4. The minimum atomic E-state index is -0.293. The second kappa shape index (κ2) is 7.89. The molecule has 1 atom stereocenters. The fourth-order valence-electron chi connectivity index (χ4n) is 4.73. The molecule has 32 heavy (non-hydrogen) atoms. The molecule has 0 aliphatic carbocycles. The first-order valence-corrected chi connectivity index (χ1v) is 11.0. The molecule has 2 aromatic heterocycles. The molecule has 2 aliphatic heterocycles. The number of rotatable bonds is 3. The SMILES string of the molecule is Cc1cccc(N2CC(C(=O)N3CCN(c4ncnc5c4cnn5C)CC3)CC2=O)c1C. The fourth-order valence-corrected chi connectivity index (χ4v) is 4.73. The van der Waals surface area contributed by atoms with Crippen LogP contribution in [0.4, 0.5) is 11.5 Å². The van der Waals surface area contributed by atoms with Crippen LogP contribution >= 0.6 is 0 Å². The normalized spacial score (nSPS) is 19.3. The van der Waals surface area contributed by atoms with Gasteiger partial charge in [0, 0.05) is 51.9 Å². The fraction of sp³-hybridized carbons (Fsp3) is 0.435. The van der Waals surface area contributed by atoms with Crippen molar-refractivity contribution in [1.29, 1.82) is 0 Å². The van der Waals surface area contributed by atoms with Gasteiger partial charge in [-0.3, -0.25) is 14.3 Å². The highest BCUT2D eigenvalue weighted by molar-refractivity contribution is 6.01. The first-order valence-electron chi connectivity index (χ1n) is 11.0. The third-order valence-corrected chi connectivity index (χ3v) is 6.74. The monoisotopic (exact) mass is 433 g/mol. The van der Waals surface area contributed by atoms with Crippen LogP contribution < -0.4 is 9.80 Å². The first-order chi connectivity index (χ1) is 15.4. The Balaban J connectivity index is 1.26. The van der Waals surface area contributed by atoms with Crippen LogP contribution in [0.15, 0.2) is 30.7 Å².